The number of carbonyl (C=O) groups is 3. The summed E-state index contributed by atoms with van der Waals surface area (Å²) in [6, 6.07) is 7.27. The van der Waals surface area contributed by atoms with Gasteiger partial charge in [-0.3, -0.25) is 14.4 Å². The van der Waals surface area contributed by atoms with Crippen molar-refractivity contribution >= 4 is 23.3 Å². The maximum Gasteiger partial charge on any atom is 0.285 e. The Balaban J connectivity index is 1.66. The summed E-state index contributed by atoms with van der Waals surface area (Å²) in [5.74, 6) is -6.05. The van der Waals surface area contributed by atoms with Gasteiger partial charge in [-0.2, -0.15) is 0 Å². The highest BCUT2D eigenvalue weighted by Gasteiger charge is 2.36. The molecule has 0 radical (unpaired) electrons. The van der Waals surface area contributed by atoms with Crippen LogP contribution >= 0.6 is 0 Å². The number of rotatable bonds is 6. The second kappa shape index (κ2) is 7.71. The van der Waals surface area contributed by atoms with Crippen LogP contribution in [0.4, 0.5) is 18.9 Å². The number of hydrogen-bond acceptors (Lipinski definition) is 4. The van der Waals surface area contributed by atoms with Crippen molar-refractivity contribution < 1.29 is 32.3 Å². The van der Waals surface area contributed by atoms with E-state index in [-0.39, 0.29) is 31.0 Å². The lowest BCUT2D eigenvalue weighted by molar-refractivity contribution is -0.138. The molecule has 1 heterocycles. The molecule has 0 spiro atoms. The van der Waals surface area contributed by atoms with E-state index in [0.717, 1.165) is 6.07 Å². The molecule has 0 aliphatic carbocycles. The number of primary amides is 1. The van der Waals surface area contributed by atoms with Gasteiger partial charge < -0.3 is 15.4 Å². The van der Waals surface area contributed by atoms with E-state index in [0.29, 0.717) is 17.5 Å². The third-order valence-electron chi connectivity index (χ3n) is 4.37. The molecule has 0 bridgehead atoms. The number of Topliss-reactive ketones (excluding diaryl/α,β-unsaturated/α-hetero) is 1. The molecule has 2 N–H and O–H groups in total. The number of anilines is 1. The fourth-order valence-corrected chi connectivity index (χ4v) is 2.89. The molecule has 2 aromatic carbocycles. The van der Waals surface area contributed by atoms with Crippen molar-refractivity contribution in [3.05, 3.63) is 59.4 Å². The molecule has 1 atom stereocenters. The van der Waals surface area contributed by atoms with Crippen LogP contribution in [0.25, 0.3) is 0 Å². The summed E-state index contributed by atoms with van der Waals surface area (Å²) < 4.78 is 45.1. The molecule has 1 unspecified atom stereocenters. The van der Waals surface area contributed by atoms with Gasteiger partial charge in [0.15, 0.2) is 11.6 Å². The van der Waals surface area contributed by atoms with Gasteiger partial charge in [0.25, 0.3) is 5.91 Å². The lowest BCUT2D eigenvalue weighted by Gasteiger charge is -2.17. The minimum Gasteiger partial charge on any atom is -0.489 e. The van der Waals surface area contributed by atoms with Crippen LogP contribution in [0.1, 0.15) is 12.0 Å². The van der Waals surface area contributed by atoms with Crippen LogP contribution in [0, 0.1) is 23.4 Å². The van der Waals surface area contributed by atoms with Crippen molar-refractivity contribution in [1.29, 1.82) is 0 Å². The van der Waals surface area contributed by atoms with Crippen molar-refractivity contribution in [3.63, 3.8) is 0 Å². The SMILES string of the molecule is NC(=O)C(=O)C1CC(=O)N(c2ccc(OCc3cc(F)c(F)cc3F)cc2)C1. The highest BCUT2D eigenvalue weighted by Crippen LogP contribution is 2.27. The number of halogens is 3. The van der Waals surface area contributed by atoms with Crippen LogP contribution in [0.15, 0.2) is 36.4 Å². The first-order valence-electron chi connectivity index (χ1n) is 8.26. The molecule has 0 saturated carbocycles. The minimum atomic E-state index is -1.28. The third kappa shape index (κ3) is 3.98. The maximum atomic E-state index is 13.6. The van der Waals surface area contributed by atoms with Crippen LogP contribution in [0.5, 0.6) is 5.75 Å². The topological polar surface area (TPSA) is 89.7 Å². The summed E-state index contributed by atoms with van der Waals surface area (Å²) in [6.07, 6.45) is -0.102. The van der Waals surface area contributed by atoms with E-state index in [1.54, 1.807) is 12.1 Å². The Hall–Kier alpha value is -3.36. The van der Waals surface area contributed by atoms with Gasteiger partial charge in [-0.25, -0.2) is 13.2 Å². The molecular weight excluding hydrogens is 377 g/mol. The van der Waals surface area contributed by atoms with Gasteiger partial charge in [0.2, 0.25) is 11.7 Å². The number of ether oxygens (including phenoxy) is 1. The smallest absolute Gasteiger partial charge is 0.285 e. The summed E-state index contributed by atoms with van der Waals surface area (Å²) in [5.41, 5.74) is 5.30. The van der Waals surface area contributed by atoms with E-state index >= 15 is 0 Å². The van der Waals surface area contributed by atoms with E-state index < -0.39 is 35.1 Å². The third-order valence-corrected chi connectivity index (χ3v) is 4.37. The molecule has 1 aliphatic heterocycles. The molecule has 1 saturated heterocycles. The predicted octanol–water partition coefficient (Wildman–Crippen LogP) is 2.09. The number of carbonyl (C=O) groups excluding carboxylic acids is 3. The Morgan fingerprint density at radius 3 is 2.36 bits per heavy atom. The number of amides is 2. The second-order valence-electron chi connectivity index (χ2n) is 6.27. The van der Waals surface area contributed by atoms with Gasteiger partial charge in [0.1, 0.15) is 18.2 Å². The molecule has 1 aliphatic rings. The summed E-state index contributed by atoms with van der Waals surface area (Å²) in [4.78, 5) is 36.1. The zero-order valence-corrected chi connectivity index (χ0v) is 14.5. The zero-order chi connectivity index (χ0) is 20.4. The summed E-state index contributed by atoms with van der Waals surface area (Å²) in [7, 11) is 0. The molecule has 0 aromatic heterocycles. The van der Waals surface area contributed by atoms with Crippen LogP contribution in [0.2, 0.25) is 0 Å². The van der Waals surface area contributed by atoms with Crippen molar-refractivity contribution in [2.45, 2.75) is 13.0 Å². The molecular formula is C19H15F3N2O4. The summed E-state index contributed by atoms with van der Waals surface area (Å²) in [6.45, 7) is -0.277. The van der Waals surface area contributed by atoms with Gasteiger partial charge in [0, 0.05) is 30.3 Å². The lowest BCUT2D eigenvalue weighted by atomic mass is 10.0. The minimum absolute atomic E-state index is 0.0425. The first-order valence-corrected chi connectivity index (χ1v) is 8.26. The maximum absolute atomic E-state index is 13.6. The molecule has 3 rings (SSSR count). The van der Waals surface area contributed by atoms with Crippen LogP contribution < -0.4 is 15.4 Å². The molecule has 9 heteroatoms. The van der Waals surface area contributed by atoms with Gasteiger partial charge in [-0.15, -0.1) is 0 Å². The molecule has 6 nitrogen and oxygen atoms in total. The number of benzene rings is 2. The average molecular weight is 392 g/mol. The molecule has 28 heavy (non-hydrogen) atoms. The van der Waals surface area contributed by atoms with Crippen molar-refractivity contribution in [2.75, 3.05) is 11.4 Å². The van der Waals surface area contributed by atoms with E-state index in [2.05, 4.69) is 0 Å². The Bertz CT molecular complexity index is 947. The highest BCUT2D eigenvalue weighted by molar-refractivity contribution is 6.37. The number of nitrogens with two attached hydrogens (primary N) is 1. The Labute approximate surface area is 157 Å². The predicted molar refractivity (Wildman–Crippen MR) is 91.8 cm³/mol. The van der Waals surface area contributed by atoms with Crippen molar-refractivity contribution in [1.82, 2.24) is 0 Å². The Kier molecular flexibility index (Phi) is 5.34. The normalized spacial score (nSPS) is 16.3. The van der Waals surface area contributed by atoms with Gasteiger partial charge >= 0.3 is 0 Å². The van der Waals surface area contributed by atoms with Crippen LogP contribution in [-0.2, 0) is 21.0 Å². The summed E-state index contributed by atoms with van der Waals surface area (Å²) in [5, 5.41) is 0. The number of hydrogen-bond donors (Lipinski definition) is 1. The molecule has 146 valence electrons. The zero-order valence-electron chi connectivity index (χ0n) is 14.5. The van der Waals surface area contributed by atoms with Crippen molar-refractivity contribution in [3.8, 4) is 5.75 Å². The summed E-state index contributed by atoms with van der Waals surface area (Å²) >= 11 is 0. The first-order chi connectivity index (χ1) is 13.3. The fourth-order valence-electron chi connectivity index (χ4n) is 2.89. The van der Waals surface area contributed by atoms with Crippen LogP contribution in [-0.4, -0.2) is 24.1 Å². The molecule has 2 amide bonds. The highest BCUT2D eigenvalue weighted by atomic mass is 19.2. The van der Waals surface area contributed by atoms with Gasteiger partial charge in [-0.1, -0.05) is 0 Å². The quantitative estimate of drug-likeness (QED) is 0.602. The second-order valence-corrected chi connectivity index (χ2v) is 6.27. The largest absolute Gasteiger partial charge is 0.489 e. The monoisotopic (exact) mass is 392 g/mol. The number of ketones is 1. The standard InChI is InChI=1S/C19H15F3N2O4/c20-14-7-16(22)15(21)5-11(14)9-28-13-3-1-12(2-4-13)24-8-10(6-17(24)25)18(26)19(23)27/h1-5,7,10H,6,8-9H2,(H2,23,27). The van der Waals surface area contributed by atoms with Crippen molar-refractivity contribution in [2.24, 2.45) is 11.7 Å². The van der Waals surface area contributed by atoms with E-state index in [9.17, 15) is 27.6 Å². The van der Waals surface area contributed by atoms with Gasteiger partial charge in [0.05, 0.1) is 5.92 Å². The lowest BCUT2D eigenvalue weighted by Crippen LogP contribution is -2.32. The van der Waals surface area contributed by atoms with Gasteiger partial charge in [-0.05, 0) is 30.3 Å². The van der Waals surface area contributed by atoms with E-state index in [4.69, 9.17) is 10.5 Å². The molecule has 2 aromatic rings. The average Bonchev–Trinajstić information content (AvgIpc) is 3.05. The molecule has 1 fully saturated rings. The van der Waals surface area contributed by atoms with E-state index in [1.807, 2.05) is 0 Å². The van der Waals surface area contributed by atoms with E-state index in [1.165, 1.54) is 17.0 Å². The Morgan fingerprint density at radius 1 is 1.07 bits per heavy atom. The Morgan fingerprint density at radius 2 is 1.71 bits per heavy atom. The van der Waals surface area contributed by atoms with Crippen LogP contribution in [0.3, 0.4) is 0 Å². The number of nitrogens with zero attached hydrogens (tertiary/aromatic N) is 1. The first kappa shape index (κ1) is 19.4. The fraction of sp³-hybridized carbons (Fsp3) is 0.211.